The second kappa shape index (κ2) is 5.44. The van der Waals surface area contributed by atoms with Crippen LogP contribution in [0, 0.1) is 24.7 Å². The molecule has 1 amide bonds. The molecule has 5 nitrogen and oxygen atoms in total. The molecule has 3 atom stereocenters. The Morgan fingerprint density at radius 3 is 2.86 bits per heavy atom. The largest absolute Gasteiger partial charge is 0.338 e. The number of hydrogen-bond acceptors (Lipinski definition) is 3. The van der Waals surface area contributed by atoms with Gasteiger partial charge >= 0.3 is 0 Å². The van der Waals surface area contributed by atoms with Crippen LogP contribution in [0.5, 0.6) is 0 Å². The third kappa shape index (κ3) is 2.59. The lowest BCUT2D eigenvalue weighted by atomic mass is 9.98. The maximum atomic E-state index is 12.7. The Hall–Kier alpha value is -1.36. The minimum absolute atomic E-state index is 0.129. The lowest BCUT2D eigenvalue weighted by Crippen LogP contribution is -2.33. The molecule has 116 valence electrons. The number of nitrogens with zero attached hydrogens (tertiary/aromatic N) is 3. The van der Waals surface area contributed by atoms with E-state index in [1.807, 2.05) is 16.5 Å². The van der Waals surface area contributed by atoms with E-state index < -0.39 is 0 Å². The zero-order valence-electron chi connectivity index (χ0n) is 13.2. The summed E-state index contributed by atoms with van der Waals surface area (Å²) in [6.07, 6.45) is 4.01. The van der Waals surface area contributed by atoms with Crippen molar-refractivity contribution in [1.82, 2.24) is 14.7 Å². The summed E-state index contributed by atoms with van der Waals surface area (Å²) in [6.45, 7) is 8.85. The van der Waals surface area contributed by atoms with E-state index in [-0.39, 0.29) is 11.9 Å². The molecule has 1 aliphatic heterocycles. The fraction of sp³-hybridized carbons (Fsp3) is 0.750. The molecule has 2 aliphatic rings. The normalized spacial score (nSPS) is 28.4. The van der Waals surface area contributed by atoms with Crippen molar-refractivity contribution < 1.29 is 4.79 Å². The number of fused-ring (bicyclic) bond motifs is 1. The number of hydrogen-bond donors (Lipinski definition) is 1. The number of carbonyl (C=O) groups excluding carboxylic acids is 1. The van der Waals surface area contributed by atoms with Crippen LogP contribution in [-0.4, -0.2) is 39.7 Å². The first-order valence-corrected chi connectivity index (χ1v) is 8.04. The number of aromatic nitrogens is 2. The SMILES string of the molecule is Cc1c(C(=O)N2CC3CCC(N)C3C2)cnn1CC(C)C. The number of nitrogens with two attached hydrogens (primary N) is 1. The Morgan fingerprint density at radius 2 is 2.19 bits per heavy atom. The molecule has 1 saturated carbocycles. The van der Waals surface area contributed by atoms with Crippen LogP contribution >= 0.6 is 0 Å². The quantitative estimate of drug-likeness (QED) is 0.920. The smallest absolute Gasteiger partial charge is 0.257 e. The summed E-state index contributed by atoms with van der Waals surface area (Å²) in [5, 5.41) is 4.38. The third-order valence-electron chi connectivity index (χ3n) is 5.07. The summed E-state index contributed by atoms with van der Waals surface area (Å²) in [4.78, 5) is 14.7. The summed E-state index contributed by atoms with van der Waals surface area (Å²) in [5.74, 6) is 1.76. The molecular weight excluding hydrogens is 264 g/mol. The van der Waals surface area contributed by atoms with Crippen LogP contribution in [0.1, 0.15) is 42.7 Å². The Balaban J connectivity index is 1.73. The second-order valence-corrected chi connectivity index (χ2v) is 7.09. The van der Waals surface area contributed by atoms with Crippen LogP contribution in [0.25, 0.3) is 0 Å². The molecule has 3 unspecified atom stereocenters. The van der Waals surface area contributed by atoms with Gasteiger partial charge in [0, 0.05) is 31.4 Å². The summed E-state index contributed by atoms with van der Waals surface area (Å²) in [6, 6.07) is 0.276. The Labute approximate surface area is 126 Å². The molecule has 5 heteroatoms. The van der Waals surface area contributed by atoms with Gasteiger partial charge < -0.3 is 10.6 Å². The summed E-state index contributed by atoms with van der Waals surface area (Å²) < 4.78 is 1.94. The summed E-state index contributed by atoms with van der Waals surface area (Å²) in [5.41, 5.74) is 7.89. The van der Waals surface area contributed by atoms with Gasteiger partial charge in [0.05, 0.1) is 11.8 Å². The lowest BCUT2D eigenvalue weighted by Gasteiger charge is -2.18. The van der Waals surface area contributed by atoms with Gasteiger partial charge in [0.25, 0.3) is 5.91 Å². The van der Waals surface area contributed by atoms with E-state index in [0.29, 0.717) is 17.8 Å². The standard InChI is InChI=1S/C16H26N4O/c1-10(2)7-20-11(3)13(6-18-20)16(21)19-8-12-4-5-15(17)14(12)9-19/h6,10,12,14-15H,4-5,7-9,17H2,1-3H3. The van der Waals surface area contributed by atoms with Gasteiger partial charge in [-0.05, 0) is 37.5 Å². The van der Waals surface area contributed by atoms with Crippen LogP contribution < -0.4 is 5.73 Å². The second-order valence-electron chi connectivity index (χ2n) is 7.09. The van der Waals surface area contributed by atoms with E-state index >= 15 is 0 Å². The van der Waals surface area contributed by atoms with Crippen molar-refractivity contribution in [3.05, 3.63) is 17.5 Å². The van der Waals surface area contributed by atoms with Gasteiger partial charge in [-0.3, -0.25) is 9.48 Å². The molecule has 3 rings (SSSR count). The van der Waals surface area contributed by atoms with Crippen molar-refractivity contribution in [3.8, 4) is 0 Å². The van der Waals surface area contributed by atoms with E-state index in [0.717, 1.165) is 37.3 Å². The van der Waals surface area contributed by atoms with Crippen LogP contribution in [0.3, 0.4) is 0 Å². The monoisotopic (exact) mass is 290 g/mol. The van der Waals surface area contributed by atoms with E-state index in [1.165, 1.54) is 6.42 Å². The van der Waals surface area contributed by atoms with Crippen LogP contribution in [0.4, 0.5) is 0 Å². The number of rotatable bonds is 3. The molecule has 1 aromatic heterocycles. The van der Waals surface area contributed by atoms with Crippen molar-refractivity contribution in [2.24, 2.45) is 23.5 Å². The predicted molar refractivity (Wildman–Crippen MR) is 81.9 cm³/mol. The molecule has 1 saturated heterocycles. The van der Waals surface area contributed by atoms with Gasteiger partial charge in [0.1, 0.15) is 0 Å². The van der Waals surface area contributed by atoms with Gasteiger partial charge in [0.2, 0.25) is 0 Å². The van der Waals surface area contributed by atoms with E-state index in [4.69, 9.17) is 5.73 Å². The molecule has 1 aliphatic carbocycles. The van der Waals surface area contributed by atoms with Crippen LogP contribution in [0.15, 0.2) is 6.20 Å². The molecular formula is C16H26N4O. The first kappa shape index (κ1) is 14.6. The Kier molecular flexibility index (Phi) is 3.78. The Morgan fingerprint density at radius 1 is 1.43 bits per heavy atom. The third-order valence-corrected chi connectivity index (χ3v) is 5.07. The maximum absolute atomic E-state index is 12.7. The van der Waals surface area contributed by atoms with Gasteiger partial charge in [-0.1, -0.05) is 13.8 Å². The molecule has 0 radical (unpaired) electrons. The highest BCUT2D eigenvalue weighted by atomic mass is 16.2. The van der Waals surface area contributed by atoms with Gasteiger partial charge in [0.15, 0.2) is 0 Å². The summed E-state index contributed by atoms with van der Waals surface area (Å²) >= 11 is 0. The Bertz CT molecular complexity index is 536. The van der Waals surface area contributed by atoms with Crippen LogP contribution in [0.2, 0.25) is 0 Å². The highest BCUT2D eigenvalue weighted by Crippen LogP contribution is 2.37. The van der Waals surface area contributed by atoms with Crippen molar-refractivity contribution in [3.63, 3.8) is 0 Å². The average Bonchev–Trinajstić information content (AvgIpc) is 3.08. The van der Waals surface area contributed by atoms with E-state index in [9.17, 15) is 4.79 Å². The highest BCUT2D eigenvalue weighted by molar-refractivity contribution is 5.95. The molecule has 0 aromatic carbocycles. The first-order valence-electron chi connectivity index (χ1n) is 8.04. The molecule has 0 bridgehead atoms. The fourth-order valence-electron chi connectivity index (χ4n) is 3.83. The maximum Gasteiger partial charge on any atom is 0.257 e. The number of amides is 1. The lowest BCUT2D eigenvalue weighted by molar-refractivity contribution is 0.0778. The molecule has 2 fully saturated rings. The molecule has 2 heterocycles. The molecule has 1 aromatic rings. The van der Waals surface area contributed by atoms with E-state index in [1.54, 1.807) is 6.20 Å². The number of carbonyl (C=O) groups is 1. The van der Waals surface area contributed by atoms with Crippen molar-refractivity contribution in [2.45, 2.75) is 46.2 Å². The molecule has 21 heavy (non-hydrogen) atoms. The van der Waals surface area contributed by atoms with Crippen molar-refractivity contribution >= 4 is 5.91 Å². The molecule has 0 spiro atoms. The highest BCUT2D eigenvalue weighted by Gasteiger charge is 2.42. The van der Waals surface area contributed by atoms with Gasteiger partial charge in [-0.25, -0.2) is 0 Å². The van der Waals surface area contributed by atoms with Crippen LogP contribution in [-0.2, 0) is 6.54 Å². The van der Waals surface area contributed by atoms with Gasteiger partial charge in [-0.2, -0.15) is 5.10 Å². The topological polar surface area (TPSA) is 64.2 Å². The minimum Gasteiger partial charge on any atom is -0.338 e. The first-order chi connectivity index (χ1) is 9.97. The van der Waals surface area contributed by atoms with Crippen molar-refractivity contribution in [2.75, 3.05) is 13.1 Å². The summed E-state index contributed by atoms with van der Waals surface area (Å²) in [7, 11) is 0. The molecule has 2 N–H and O–H groups in total. The fourth-order valence-corrected chi connectivity index (χ4v) is 3.83. The predicted octanol–water partition coefficient (Wildman–Crippen LogP) is 1.66. The van der Waals surface area contributed by atoms with Crippen molar-refractivity contribution in [1.29, 1.82) is 0 Å². The van der Waals surface area contributed by atoms with Gasteiger partial charge in [-0.15, -0.1) is 0 Å². The number of likely N-dealkylation sites (tertiary alicyclic amines) is 1. The minimum atomic E-state index is 0.129. The zero-order valence-corrected chi connectivity index (χ0v) is 13.2. The zero-order chi connectivity index (χ0) is 15.1. The average molecular weight is 290 g/mol. The van der Waals surface area contributed by atoms with E-state index in [2.05, 4.69) is 18.9 Å².